The number of fused-ring (bicyclic) bond motifs is 1. The fraction of sp³-hybridized carbons (Fsp3) is 0.647. The molecule has 0 amide bonds. The first-order valence-corrected chi connectivity index (χ1v) is 7.89. The van der Waals surface area contributed by atoms with Gasteiger partial charge in [-0.25, -0.2) is 0 Å². The van der Waals surface area contributed by atoms with Crippen LogP contribution in [-0.4, -0.2) is 19.2 Å². The van der Waals surface area contributed by atoms with Gasteiger partial charge in [-0.05, 0) is 61.3 Å². The molecule has 0 spiro atoms. The van der Waals surface area contributed by atoms with Gasteiger partial charge in [-0.1, -0.05) is 18.6 Å². The van der Waals surface area contributed by atoms with Crippen LogP contribution in [0.3, 0.4) is 0 Å². The second-order valence-electron chi connectivity index (χ2n) is 6.45. The summed E-state index contributed by atoms with van der Waals surface area (Å²) < 4.78 is 5.62. The smallest absolute Gasteiger partial charge is 0.122 e. The van der Waals surface area contributed by atoms with Gasteiger partial charge in [0.05, 0.1) is 6.61 Å². The van der Waals surface area contributed by atoms with E-state index in [1.165, 1.54) is 44.2 Å². The van der Waals surface area contributed by atoms with Gasteiger partial charge in [0.2, 0.25) is 0 Å². The minimum atomic E-state index is 0.775. The summed E-state index contributed by atoms with van der Waals surface area (Å²) >= 11 is 0. The van der Waals surface area contributed by atoms with Gasteiger partial charge in [-0.15, -0.1) is 0 Å². The van der Waals surface area contributed by atoms with Crippen LogP contribution in [-0.2, 0) is 6.42 Å². The van der Waals surface area contributed by atoms with Crippen molar-refractivity contribution in [1.82, 2.24) is 5.32 Å². The molecule has 2 atom stereocenters. The van der Waals surface area contributed by atoms with E-state index < -0.39 is 0 Å². The van der Waals surface area contributed by atoms with Crippen LogP contribution in [0.2, 0.25) is 0 Å². The SMILES string of the molecule is c1cc2c(cc1C1CCCC1CNC1CC1)CCO2. The molecule has 0 saturated heterocycles. The minimum Gasteiger partial charge on any atom is -0.493 e. The third kappa shape index (κ3) is 2.38. The van der Waals surface area contributed by atoms with Crippen LogP contribution in [0.1, 0.15) is 49.1 Å². The van der Waals surface area contributed by atoms with E-state index >= 15 is 0 Å². The Morgan fingerprint density at radius 2 is 2.11 bits per heavy atom. The summed E-state index contributed by atoms with van der Waals surface area (Å²) in [6.45, 7) is 2.10. The molecule has 0 radical (unpaired) electrons. The van der Waals surface area contributed by atoms with E-state index in [0.717, 1.165) is 36.7 Å². The van der Waals surface area contributed by atoms with Crippen molar-refractivity contribution in [1.29, 1.82) is 0 Å². The van der Waals surface area contributed by atoms with Gasteiger partial charge in [0.25, 0.3) is 0 Å². The van der Waals surface area contributed by atoms with Gasteiger partial charge >= 0.3 is 0 Å². The zero-order chi connectivity index (χ0) is 12.7. The predicted octanol–water partition coefficient (Wildman–Crippen LogP) is 3.26. The summed E-state index contributed by atoms with van der Waals surface area (Å²) in [5.41, 5.74) is 2.99. The Bertz CT molecular complexity index is 466. The van der Waals surface area contributed by atoms with Crippen LogP contribution in [0.15, 0.2) is 18.2 Å². The van der Waals surface area contributed by atoms with Crippen molar-refractivity contribution < 1.29 is 4.74 Å². The molecule has 1 aromatic rings. The van der Waals surface area contributed by atoms with Crippen LogP contribution in [0.4, 0.5) is 0 Å². The van der Waals surface area contributed by atoms with Gasteiger partial charge in [0, 0.05) is 12.5 Å². The Morgan fingerprint density at radius 3 is 3.00 bits per heavy atom. The maximum atomic E-state index is 5.62. The van der Waals surface area contributed by atoms with E-state index in [0.29, 0.717) is 0 Å². The Labute approximate surface area is 115 Å². The average Bonchev–Trinajstić information content (AvgIpc) is 2.97. The maximum Gasteiger partial charge on any atom is 0.122 e. The van der Waals surface area contributed by atoms with E-state index in [9.17, 15) is 0 Å². The standard InChI is InChI=1S/C17H23NO/c1-2-14(11-18-15-5-6-15)16(3-1)12-4-7-17-13(10-12)8-9-19-17/h4,7,10,14-16,18H,1-3,5-6,8-9,11H2. The molecule has 2 unspecified atom stereocenters. The van der Waals surface area contributed by atoms with Crippen LogP contribution < -0.4 is 10.1 Å². The second kappa shape index (κ2) is 4.82. The lowest BCUT2D eigenvalue weighted by Crippen LogP contribution is -2.26. The van der Waals surface area contributed by atoms with Crippen molar-refractivity contribution in [3.63, 3.8) is 0 Å². The summed E-state index contributed by atoms with van der Waals surface area (Å²) in [5, 5.41) is 3.73. The van der Waals surface area contributed by atoms with Crippen molar-refractivity contribution in [2.75, 3.05) is 13.2 Å². The van der Waals surface area contributed by atoms with Gasteiger partial charge < -0.3 is 10.1 Å². The molecule has 1 aromatic carbocycles. The first-order chi connectivity index (χ1) is 9.40. The number of benzene rings is 1. The Balaban J connectivity index is 1.49. The lowest BCUT2D eigenvalue weighted by atomic mass is 9.87. The third-order valence-electron chi connectivity index (χ3n) is 5.05. The molecular weight excluding hydrogens is 234 g/mol. The zero-order valence-electron chi connectivity index (χ0n) is 11.5. The predicted molar refractivity (Wildman–Crippen MR) is 76.7 cm³/mol. The minimum absolute atomic E-state index is 0.775. The van der Waals surface area contributed by atoms with E-state index in [-0.39, 0.29) is 0 Å². The Morgan fingerprint density at radius 1 is 1.16 bits per heavy atom. The maximum absolute atomic E-state index is 5.62. The topological polar surface area (TPSA) is 21.3 Å². The van der Waals surface area contributed by atoms with Crippen LogP contribution in [0.5, 0.6) is 5.75 Å². The highest BCUT2D eigenvalue weighted by atomic mass is 16.5. The first-order valence-electron chi connectivity index (χ1n) is 7.89. The van der Waals surface area contributed by atoms with E-state index in [1.54, 1.807) is 5.56 Å². The summed E-state index contributed by atoms with van der Waals surface area (Å²) in [7, 11) is 0. The lowest BCUT2D eigenvalue weighted by Gasteiger charge is -2.21. The van der Waals surface area contributed by atoms with Crippen molar-refractivity contribution >= 4 is 0 Å². The van der Waals surface area contributed by atoms with Gasteiger partial charge in [-0.3, -0.25) is 0 Å². The zero-order valence-corrected chi connectivity index (χ0v) is 11.5. The lowest BCUT2D eigenvalue weighted by molar-refractivity contribution is 0.356. The van der Waals surface area contributed by atoms with Crippen LogP contribution in [0, 0.1) is 5.92 Å². The number of rotatable bonds is 4. The second-order valence-corrected chi connectivity index (χ2v) is 6.45. The molecule has 1 aliphatic heterocycles. The van der Waals surface area contributed by atoms with E-state index in [2.05, 4.69) is 23.5 Å². The summed E-state index contributed by atoms with van der Waals surface area (Å²) in [6.07, 6.45) is 8.06. The Kier molecular flexibility index (Phi) is 2.99. The molecule has 19 heavy (non-hydrogen) atoms. The largest absolute Gasteiger partial charge is 0.493 e. The fourth-order valence-electron chi connectivity index (χ4n) is 3.76. The monoisotopic (exact) mass is 257 g/mol. The molecule has 1 heterocycles. The summed E-state index contributed by atoms with van der Waals surface area (Å²) in [4.78, 5) is 0. The number of hydrogen-bond acceptors (Lipinski definition) is 2. The molecule has 0 aromatic heterocycles. The summed E-state index contributed by atoms with van der Waals surface area (Å²) in [6, 6.07) is 7.77. The molecule has 3 aliphatic rings. The quantitative estimate of drug-likeness (QED) is 0.894. The highest BCUT2D eigenvalue weighted by Crippen LogP contribution is 2.41. The molecule has 2 nitrogen and oxygen atoms in total. The number of nitrogens with one attached hydrogen (secondary N) is 1. The summed E-state index contributed by atoms with van der Waals surface area (Å²) in [5.74, 6) is 2.74. The van der Waals surface area contributed by atoms with Crippen LogP contribution >= 0.6 is 0 Å². The molecule has 4 rings (SSSR count). The molecular formula is C17H23NO. The number of ether oxygens (including phenoxy) is 1. The molecule has 2 fully saturated rings. The first kappa shape index (κ1) is 11.8. The van der Waals surface area contributed by atoms with Crippen molar-refractivity contribution in [2.24, 2.45) is 5.92 Å². The molecule has 2 heteroatoms. The van der Waals surface area contributed by atoms with Crippen molar-refractivity contribution in [3.8, 4) is 5.75 Å². The number of hydrogen-bond donors (Lipinski definition) is 1. The molecule has 2 aliphatic carbocycles. The van der Waals surface area contributed by atoms with E-state index in [4.69, 9.17) is 4.74 Å². The van der Waals surface area contributed by atoms with E-state index in [1.807, 2.05) is 0 Å². The van der Waals surface area contributed by atoms with Gasteiger partial charge in [0.15, 0.2) is 0 Å². The Hall–Kier alpha value is -1.02. The van der Waals surface area contributed by atoms with Gasteiger partial charge in [0.1, 0.15) is 5.75 Å². The normalized spacial score (nSPS) is 29.3. The third-order valence-corrected chi connectivity index (χ3v) is 5.05. The highest BCUT2D eigenvalue weighted by Gasteiger charge is 2.31. The van der Waals surface area contributed by atoms with Crippen LogP contribution in [0.25, 0.3) is 0 Å². The average molecular weight is 257 g/mol. The van der Waals surface area contributed by atoms with Gasteiger partial charge in [-0.2, -0.15) is 0 Å². The van der Waals surface area contributed by atoms with Crippen molar-refractivity contribution in [2.45, 2.75) is 50.5 Å². The van der Waals surface area contributed by atoms with Crippen molar-refractivity contribution in [3.05, 3.63) is 29.3 Å². The highest BCUT2D eigenvalue weighted by molar-refractivity contribution is 5.41. The molecule has 0 bridgehead atoms. The molecule has 102 valence electrons. The molecule has 2 saturated carbocycles. The molecule has 1 N–H and O–H groups in total. The fourth-order valence-corrected chi connectivity index (χ4v) is 3.76.